The van der Waals surface area contributed by atoms with Gasteiger partial charge in [-0.1, -0.05) is 119 Å². The van der Waals surface area contributed by atoms with Crippen LogP contribution in [0.4, 0.5) is 0 Å². The molecule has 228 valence electrons. The molecular weight excluding hydrogens is 574 g/mol. The molecule has 0 aliphatic heterocycles. The molecule has 2 bridgehead atoms. The lowest BCUT2D eigenvalue weighted by molar-refractivity contribution is 0.140. The molecule has 6 unspecified atom stereocenters. The third-order valence-electron chi connectivity index (χ3n) is 10.6. The van der Waals surface area contributed by atoms with E-state index in [-0.39, 0.29) is 0 Å². The summed E-state index contributed by atoms with van der Waals surface area (Å²) in [5.74, 6) is 4.81. The molecule has 4 aromatic rings. The van der Waals surface area contributed by atoms with Crippen LogP contribution in [-0.4, -0.2) is 13.2 Å². The molecule has 0 radical (unpaired) electrons. The van der Waals surface area contributed by atoms with Crippen LogP contribution in [0.5, 0.6) is 0 Å². The fourth-order valence-electron chi connectivity index (χ4n) is 8.32. The van der Waals surface area contributed by atoms with Crippen molar-refractivity contribution in [3.8, 4) is 0 Å². The average molecular weight is 621 g/mol. The second kappa shape index (κ2) is 13.2. The predicted molar refractivity (Wildman–Crippen MR) is 188 cm³/mol. The lowest BCUT2D eigenvalue weighted by Gasteiger charge is -2.32. The molecule has 0 aromatic heterocycles. The van der Waals surface area contributed by atoms with Gasteiger partial charge >= 0.3 is 0 Å². The summed E-state index contributed by atoms with van der Waals surface area (Å²) in [7, 11) is -1.61. The van der Waals surface area contributed by atoms with Crippen molar-refractivity contribution in [1.29, 1.82) is 0 Å². The first-order valence-corrected chi connectivity index (χ1v) is 19.1. The maximum atomic E-state index is 6.94. The molecule has 3 fully saturated rings. The largest absolute Gasteiger partial charge is 0.349 e. The fraction of sp³-hybridized carbons (Fsp3) is 0.400. The van der Waals surface area contributed by atoms with E-state index in [0.29, 0.717) is 11.8 Å². The minimum Gasteiger partial charge on any atom is -0.349 e. The van der Waals surface area contributed by atoms with Gasteiger partial charge in [0.15, 0.2) is 0 Å². The molecule has 4 aromatic carbocycles. The Kier molecular flexibility index (Phi) is 9.08. The van der Waals surface area contributed by atoms with E-state index in [1.165, 1.54) is 69.2 Å². The van der Waals surface area contributed by atoms with Gasteiger partial charge in [-0.05, 0) is 88.9 Å². The quantitative estimate of drug-likeness (QED) is 0.165. The zero-order valence-electron chi connectivity index (χ0n) is 26.7. The number of hydrogen-bond acceptors (Lipinski definition) is 2. The van der Waals surface area contributed by atoms with E-state index in [9.17, 15) is 0 Å². The van der Waals surface area contributed by atoms with Crippen LogP contribution in [0.3, 0.4) is 0 Å². The van der Waals surface area contributed by atoms with E-state index < -0.39 is 16.3 Å². The summed E-state index contributed by atoms with van der Waals surface area (Å²) in [6.07, 6.45) is 5.45. The molecule has 7 rings (SSSR count). The van der Waals surface area contributed by atoms with Gasteiger partial charge in [-0.3, -0.25) is 0 Å². The Labute approximate surface area is 267 Å². The average Bonchev–Trinajstić information content (AvgIpc) is 3.73. The lowest BCUT2D eigenvalue weighted by atomic mass is 9.76. The third-order valence-corrected chi connectivity index (χ3v) is 14.5. The van der Waals surface area contributed by atoms with Gasteiger partial charge < -0.3 is 9.05 Å². The fourth-order valence-corrected chi connectivity index (χ4v) is 11.9. The van der Waals surface area contributed by atoms with E-state index >= 15 is 0 Å². The van der Waals surface area contributed by atoms with Crippen molar-refractivity contribution < 1.29 is 9.05 Å². The Hall–Kier alpha value is -2.34. The van der Waals surface area contributed by atoms with Gasteiger partial charge in [0.05, 0.1) is 29.5 Å². The van der Waals surface area contributed by atoms with Gasteiger partial charge in [-0.15, -0.1) is 0 Å². The molecule has 3 saturated carbocycles. The normalized spacial score (nSPS) is 25.7. The van der Waals surface area contributed by atoms with Crippen molar-refractivity contribution in [2.24, 2.45) is 35.5 Å². The van der Waals surface area contributed by atoms with E-state index in [4.69, 9.17) is 9.05 Å². The summed E-state index contributed by atoms with van der Waals surface area (Å²) in [6, 6.07) is 36.1. The second-order valence-corrected chi connectivity index (χ2v) is 17.6. The molecular formula is C40H46O2P2. The highest BCUT2D eigenvalue weighted by Gasteiger charge is 2.55. The first kappa shape index (κ1) is 30.3. The Bertz CT molecular complexity index is 1440. The van der Waals surface area contributed by atoms with Crippen LogP contribution in [0.25, 0.3) is 0 Å². The summed E-state index contributed by atoms with van der Waals surface area (Å²) in [5.41, 5.74) is 5.21. The molecule has 3 aliphatic carbocycles. The van der Waals surface area contributed by atoms with E-state index in [2.05, 4.69) is 125 Å². The summed E-state index contributed by atoms with van der Waals surface area (Å²) in [6.45, 7) is 10.4. The first-order chi connectivity index (χ1) is 21.4. The number of aryl methyl sites for hydroxylation is 4. The second-order valence-electron chi connectivity index (χ2n) is 13.8. The Morgan fingerprint density at radius 1 is 0.455 bits per heavy atom. The van der Waals surface area contributed by atoms with Crippen LogP contribution >= 0.6 is 16.3 Å². The van der Waals surface area contributed by atoms with Crippen LogP contribution in [0.15, 0.2) is 97.1 Å². The molecule has 44 heavy (non-hydrogen) atoms. The monoisotopic (exact) mass is 620 g/mol. The number of hydrogen-bond donors (Lipinski definition) is 0. The molecule has 3 aliphatic rings. The Balaban J connectivity index is 1.00. The molecule has 0 saturated heterocycles. The summed E-state index contributed by atoms with van der Waals surface area (Å²) < 4.78 is 13.8. The highest BCUT2D eigenvalue weighted by atomic mass is 31.1. The van der Waals surface area contributed by atoms with Gasteiger partial charge in [0, 0.05) is 21.2 Å². The lowest BCUT2D eigenvalue weighted by Crippen LogP contribution is -2.28. The Morgan fingerprint density at radius 3 is 1.27 bits per heavy atom. The number of fused-ring (bicyclic) bond motifs is 5. The van der Waals surface area contributed by atoms with Crippen LogP contribution < -0.4 is 21.2 Å². The topological polar surface area (TPSA) is 18.5 Å². The van der Waals surface area contributed by atoms with Gasteiger partial charge in [-0.25, -0.2) is 0 Å². The van der Waals surface area contributed by atoms with Crippen molar-refractivity contribution in [2.45, 2.75) is 53.4 Å². The standard InChI is InChI=1S/C40H46O2P2/c1-27-5-13-34(14-6-27)43(35-15-7-28(2)8-16-35)41-25-31-21-38-32-23-33(39(24-32)40(38)22-31)26-42-44(36-17-9-29(3)10-18-36)37-19-11-30(4)12-20-37/h5-20,31-33,38-40H,21-26H2,1-4H3. The molecule has 0 amide bonds. The number of rotatable bonds is 10. The van der Waals surface area contributed by atoms with Gasteiger partial charge in [0.25, 0.3) is 0 Å². The third kappa shape index (κ3) is 6.48. The van der Waals surface area contributed by atoms with Crippen LogP contribution in [0.2, 0.25) is 0 Å². The van der Waals surface area contributed by atoms with Crippen LogP contribution in [-0.2, 0) is 9.05 Å². The zero-order chi connectivity index (χ0) is 30.2. The maximum absolute atomic E-state index is 6.94. The summed E-state index contributed by atoms with van der Waals surface area (Å²) in [5, 5.41) is 5.30. The minimum absolute atomic E-state index is 0.674. The summed E-state index contributed by atoms with van der Waals surface area (Å²) in [4.78, 5) is 0. The van der Waals surface area contributed by atoms with E-state index in [0.717, 1.165) is 36.9 Å². The maximum Gasteiger partial charge on any atom is 0.0917 e. The summed E-state index contributed by atoms with van der Waals surface area (Å²) >= 11 is 0. The smallest absolute Gasteiger partial charge is 0.0917 e. The van der Waals surface area contributed by atoms with Crippen molar-refractivity contribution >= 4 is 37.5 Å². The molecule has 0 heterocycles. The first-order valence-electron chi connectivity index (χ1n) is 16.5. The Morgan fingerprint density at radius 2 is 0.841 bits per heavy atom. The van der Waals surface area contributed by atoms with Crippen molar-refractivity contribution in [3.05, 3.63) is 119 Å². The number of benzene rings is 4. The highest BCUT2D eigenvalue weighted by molar-refractivity contribution is 7.68. The van der Waals surface area contributed by atoms with Gasteiger partial charge in [-0.2, -0.15) is 0 Å². The molecule has 0 spiro atoms. The molecule has 4 heteroatoms. The van der Waals surface area contributed by atoms with E-state index in [1.54, 1.807) is 0 Å². The van der Waals surface area contributed by atoms with Crippen molar-refractivity contribution in [2.75, 3.05) is 13.2 Å². The highest BCUT2D eigenvalue weighted by Crippen LogP contribution is 2.62. The minimum atomic E-state index is -0.803. The van der Waals surface area contributed by atoms with Gasteiger partial charge in [0.1, 0.15) is 0 Å². The van der Waals surface area contributed by atoms with Crippen molar-refractivity contribution in [3.63, 3.8) is 0 Å². The molecule has 6 atom stereocenters. The predicted octanol–water partition coefficient (Wildman–Crippen LogP) is 8.65. The van der Waals surface area contributed by atoms with Crippen molar-refractivity contribution in [1.82, 2.24) is 0 Å². The van der Waals surface area contributed by atoms with Crippen LogP contribution in [0.1, 0.15) is 47.9 Å². The molecule has 0 N–H and O–H groups in total. The SMILES string of the molecule is Cc1ccc(P(OCC2CC3C4CC(COP(c5ccc(C)cc5)c5ccc(C)cc5)C(C4)C3C2)c2ccc(C)cc2)cc1. The molecule has 2 nitrogen and oxygen atoms in total. The van der Waals surface area contributed by atoms with E-state index in [1.807, 2.05) is 0 Å². The van der Waals surface area contributed by atoms with Gasteiger partial charge in [0.2, 0.25) is 0 Å². The van der Waals surface area contributed by atoms with Crippen LogP contribution in [0, 0.1) is 63.2 Å². The zero-order valence-corrected chi connectivity index (χ0v) is 28.4.